The van der Waals surface area contributed by atoms with Gasteiger partial charge in [-0.3, -0.25) is 0 Å². The topological polar surface area (TPSA) is 0 Å². The summed E-state index contributed by atoms with van der Waals surface area (Å²) >= 11 is 0. The Labute approximate surface area is 155 Å². The monoisotopic (exact) mass is 330 g/mol. The van der Waals surface area contributed by atoms with Crippen molar-refractivity contribution in [2.75, 3.05) is 0 Å². The van der Waals surface area contributed by atoms with Crippen molar-refractivity contribution in [2.24, 2.45) is 0 Å². The van der Waals surface area contributed by atoms with E-state index in [1.165, 1.54) is 0 Å². The minimum Gasteiger partial charge on any atom is -0.115 e. The van der Waals surface area contributed by atoms with Gasteiger partial charge in [0.05, 0.1) is 0 Å². The normalized spacial score (nSPS) is 10.7. The summed E-state index contributed by atoms with van der Waals surface area (Å²) in [6.45, 7) is 0. The first-order valence-corrected chi connectivity index (χ1v) is 8.37. The minimum absolute atomic E-state index is 0.823. The maximum absolute atomic E-state index is 5.73. The predicted molar refractivity (Wildman–Crippen MR) is 113 cm³/mol. The average molecular weight is 330 g/mol. The molecule has 0 saturated carbocycles. The summed E-state index contributed by atoms with van der Waals surface area (Å²) in [5.41, 5.74) is 5.77. The maximum atomic E-state index is 5.73. The lowest BCUT2D eigenvalue weighted by Crippen LogP contribution is -1.90. The van der Waals surface area contributed by atoms with Gasteiger partial charge in [0.1, 0.15) is 0 Å². The molecule has 0 amide bonds. The molecule has 3 aromatic carbocycles. The summed E-state index contributed by atoms with van der Waals surface area (Å²) in [6, 6.07) is 24.1. The molecule has 0 aliphatic rings. The van der Waals surface area contributed by atoms with Crippen molar-refractivity contribution in [1.29, 1.82) is 0 Å². The van der Waals surface area contributed by atoms with Crippen LogP contribution in [-0.2, 0) is 0 Å². The highest BCUT2D eigenvalue weighted by atomic mass is 14.1. The van der Waals surface area contributed by atoms with E-state index in [4.69, 9.17) is 12.8 Å². The summed E-state index contributed by atoms with van der Waals surface area (Å²) in [5, 5.41) is 0. The van der Waals surface area contributed by atoms with Gasteiger partial charge in [0, 0.05) is 11.1 Å². The van der Waals surface area contributed by atoms with Gasteiger partial charge in [-0.15, -0.1) is 12.8 Å². The van der Waals surface area contributed by atoms with Gasteiger partial charge >= 0.3 is 0 Å². The van der Waals surface area contributed by atoms with Gasteiger partial charge in [0.25, 0.3) is 0 Å². The molecule has 0 unspecified atom stereocenters. The number of rotatable bonds is 4. The predicted octanol–water partition coefficient (Wildman–Crippen LogP) is 5.99. The van der Waals surface area contributed by atoms with Crippen molar-refractivity contribution in [3.05, 3.63) is 106 Å². The Morgan fingerprint density at radius 1 is 0.538 bits per heavy atom. The number of hydrogen-bond donors (Lipinski definition) is 0. The Bertz CT molecular complexity index is 934. The fourth-order valence-electron chi connectivity index (χ4n) is 2.66. The van der Waals surface area contributed by atoms with E-state index in [0.717, 1.165) is 33.4 Å². The highest BCUT2D eigenvalue weighted by Crippen LogP contribution is 2.21. The third kappa shape index (κ3) is 4.21. The lowest BCUT2D eigenvalue weighted by atomic mass is 9.97. The molecule has 0 spiro atoms. The second kappa shape index (κ2) is 8.39. The zero-order valence-corrected chi connectivity index (χ0v) is 14.4. The van der Waals surface area contributed by atoms with E-state index < -0.39 is 0 Å². The standard InChI is InChI=1S/C26H18/c1-3-23-19-26(18-16-22-13-9-6-10-14-22)24(4-2)20-25(23)17-15-21-11-7-5-8-12-21/h1-2,5-20H. The van der Waals surface area contributed by atoms with Gasteiger partial charge < -0.3 is 0 Å². The smallest absolute Gasteiger partial charge is 0.0321 e. The van der Waals surface area contributed by atoms with Crippen molar-refractivity contribution in [3.63, 3.8) is 0 Å². The highest BCUT2D eigenvalue weighted by molar-refractivity contribution is 5.79. The van der Waals surface area contributed by atoms with Gasteiger partial charge in [-0.2, -0.15) is 0 Å². The Hall–Kier alpha value is -3.74. The first kappa shape index (κ1) is 17.1. The highest BCUT2D eigenvalue weighted by Gasteiger charge is 2.04. The summed E-state index contributed by atoms with van der Waals surface area (Å²) in [4.78, 5) is 0. The van der Waals surface area contributed by atoms with Gasteiger partial charge in [0.2, 0.25) is 0 Å². The first-order chi connectivity index (χ1) is 12.8. The van der Waals surface area contributed by atoms with Crippen LogP contribution in [0.15, 0.2) is 72.8 Å². The lowest BCUT2D eigenvalue weighted by molar-refractivity contribution is 1.53. The molecular weight excluding hydrogens is 312 g/mol. The van der Waals surface area contributed by atoms with Crippen molar-refractivity contribution >= 4 is 24.3 Å². The molecule has 3 rings (SSSR count). The van der Waals surface area contributed by atoms with Crippen molar-refractivity contribution in [1.82, 2.24) is 0 Å². The van der Waals surface area contributed by atoms with Crippen LogP contribution in [0.2, 0.25) is 0 Å². The fourth-order valence-corrected chi connectivity index (χ4v) is 2.66. The molecule has 0 heteroatoms. The molecule has 0 N–H and O–H groups in total. The number of benzene rings is 3. The molecule has 0 nitrogen and oxygen atoms in total. The molecule has 0 heterocycles. The molecule has 0 bridgehead atoms. The number of hydrogen-bond acceptors (Lipinski definition) is 0. The fraction of sp³-hybridized carbons (Fsp3) is 0. The van der Waals surface area contributed by atoms with Crippen molar-refractivity contribution in [3.8, 4) is 24.7 Å². The lowest BCUT2D eigenvalue weighted by Gasteiger charge is -2.06. The quantitative estimate of drug-likeness (QED) is 0.407. The molecule has 0 atom stereocenters. The van der Waals surface area contributed by atoms with Crippen LogP contribution in [0.4, 0.5) is 0 Å². The number of terminal acetylenes is 2. The van der Waals surface area contributed by atoms with Crippen LogP contribution < -0.4 is 0 Å². The zero-order chi connectivity index (χ0) is 18.2. The van der Waals surface area contributed by atoms with Crippen molar-refractivity contribution in [2.45, 2.75) is 0 Å². The van der Waals surface area contributed by atoms with Crippen LogP contribution in [0.1, 0.15) is 33.4 Å². The van der Waals surface area contributed by atoms with Gasteiger partial charge in [-0.05, 0) is 34.4 Å². The molecule has 0 radical (unpaired) electrons. The van der Waals surface area contributed by atoms with Crippen molar-refractivity contribution < 1.29 is 0 Å². The molecular formula is C26H18. The summed E-state index contributed by atoms with van der Waals surface area (Å²) < 4.78 is 0. The minimum atomic E-state index is 0.823. The second-order valence-corrected chi connectivity index (χ2v) is 5.80. The summed E-state index contributed by atoms with van der Waals surface area (Å²) in [6.07, 6.45) is 19.6. The molecule has 0 fully saturated rings. The molecule has 3 aromatic rings. The van der Waals surface area contributed by atoms with Crippen LogP contribution in [-0.4, -0.2) is 0 Å². The van der Waals surface area contributed by atoms with E-state index >= 15 is 0 Å². The van der Waals surface area contributed by atoms with Gasteiger partial charge in [0.15, 0.2) is 0 Å². The first-order valence-electron chi connectivity index (χ1n) is 8.37. The van der Waals surface area contributed by atoms with Crippen LogP contribution in [0.5, 0.6) is 0 Å². The molecule has 26 heavy (non-hydrogen) atoms. The Balaban J connectivity index is 1.96. The van der Waals surface area contributed by atoms with Crippen LogP contribution >= 0.6 is 0 Å². The molecule has 0 aliphatic carbocycles. The van der Waals surface area contributed by atoms with E-state index in [9.17, 15) is 0 Å². The molecule has 0 saturated heterocycles. The van der Waals surface area contributed by atoms with E-state index in [1.54, 1.807) is 0 Å². The van der Waals surface area contributed by atoms with E-state index in [2.05, 4.69) is 11.8 Å². The van der Waals surface area contributed by atoms with E-state index in [1.807, 2.05) is 97.1 Å². The zero-order valence-electron chi connectivity index (χ0n) is 14.4. The molecule has 0 aromatic heterocycles. The third-order valence-electron chi connectivity index (χ3n) is 4.04. The van der Waals surface area contributed by atoms with Gasteiger partial charge in [-0.1, -0.05) is 96.8 Å². The Kier molecular flexibility index (Phi) is 5.51. The second-order valence-electron chi connectivity index (χ2n) is 5.80. The molecule has 122 valence electrons. The van der Waals surface area contributed by atoms with Gasteiger partial charge in [-0.25, -0.2) is 0 Å². The van der Waals surface area contributed by atoms with Crippen LogP contribution in [0.3, 0.4) is 0 Å². The van der Waals surface area contributed by atoms with Crippen LogP contribution in [0.25, 0.3) is 24.3 Å². The van der Waals surface area contributed by atoms with Crippen LogP contribution in [0, 0.1) is 24.7 Å². The SMILES string of the molecule is C#Cc1cc(C=Cc2ccccc2)c(C#C)cc1C=Cc1ccccc1. The summed E-state index contributed by atoms with van der Waals surface area (Å²) in [7, 11) is 0. The Morgan fingerprint density at radius 3 is 1.27 bits per heavy atom. The third-order valence-corrected chi connectivity index (χ3v) is 4.04. The van der Waals surface area contributed by atoms with E-state index in [-0.39, 0.29) is 0 Å². The molecule has 0 aliphatic heterocycles. The van der Waals surface area contributed by atoms with E-state index in [0.29, 0.717) is 0 Å². The maximum Gasteiger partial charge on any atom is 0.0321 e. The Morgan fingerprint density at radius 2 is 0.923 bits per heavy atom. The largest absolute Gasteiger partial charge is 0.115 e. The summed E-state index contributed by atoms with van der Waals surface area (Å²) in [5.74, 6) is 5.54. The average Bonchev–Trinajstić information content (AvgIpc) is 2.72.